The van der Waals surface area contributed by atoms with Crippen LogP contribution in [-0.2, 0) is 19.5 Å². The Balaban J connectivity index is 1.45. The first-order chi connectivity index (χ1) is 17.1. The van der Waals surface area contributed by atoms with Crippen LogP contribution in [0.5, 0.6) is 17.4 Å². The first-order valence-electron chi connectivity index (χ1n) is 12.0. The zero-order valence-electron chi connectivity index (χ0n) is 19.9. The number of nitro benzene ring substituents is 1. The van der Waals surface area contributed by atoms with E-state index in [1.807, 2.05) is 36.4 Å². The number of piperidine rings is 1. The van der Waals surface area contributed by atoms with Crippen LogP contribution in [0.3, 0.4) is 0 Å². The molecule has 0 atom stereocenters. The van der Waals surface area contributed by atoms with Gasteiger partial charge in [-0.25, -0.2) is 4.98 Å². The first-order valence-corrected chi connectivity index (χ1v) is 12.0. The summed E-state index contributed by atoms with van der Waals surface area (Å²) in [5.41, 5.74) is 2.77. The van der Waals surface area contributed by atoms with E-state index in [1.165, 1.54) is 6.42 Å². The van der Waals surface area contributed by atoms with E-state index in [0.29, 0.717) is 30.3 Å². The molecule has 0 saturated carbocycles. The predicted octanol–water partition coefficient (Wildman–Crippen LogP) is 4.73. The lowest BCUT2D eigenvalue weighted by Gasteiger charge is -2.31. The van der Waals surface area contributed by atoms with Crippen LogP contribution >= 0.6 is 0 Å². The average molecular weight is 476 g/mol. The van der Waals surface area contributed by atoms with Crippen LogP contribution in [0.2, 0.25) is 0 Å². The molecule has 9 heteroatoms. The highest BCUT2D eigenvalue weighted by Crippen LogP contribution is 2.33. The third-order valence-electron chi connectivity index (χ3n) is 6.58. The van der Waals surface area contributed by atoms with Crippen LogP contribution in [0, 0.1) is 10.1 Å². The highest BCUT2D eigenvalue weighted by Gasteiger charge is 2.27. The number of ether oxygens (including phenoxy) is 2. The number of hydrogen-bond donors (Lipinski definition) is 0. The smallest absolute Gasteiger partial charge is 0.273 e. The molecule has 0 aliphatic carbocycles. The number of nitrogens with zero attached hydrogens (tertiary/aromatic N) is 5. The van der Waals surface area contributed by atoms with Gasteiger partial charge in [-0.1, -0.05) is 18.2 Å². The van der Waals surface area contributed by atoms with Gasteiger partial charge in [0.05, 0.1) is 23.3 Å². The number of para-hydroxylation sites is 1. The summed E-state index contributed by atoms with van der Waals surface area (Å²) in [7, 11) is 1.63. The summed E-state index contributed by atoms with van der Waals surface area (Å²) in [6, 6.07) is 14.3. The van der Waals surface area contributed by atoms with Gasteiger partial charge in [0, 0.05) is 50.8 Å². The molecule has 0 amide bonds. The Labute approximate surface area is 204 Å². The van der Waals surface area contributed by atoms with Gasteiger partial charge < -0.3 is 14.4 Å². The van der Waals surface area contributed by atoms with Crippen molar-refractivity contribution in [1.82, 2.24) is 14.9 Å². The summed E-state index contributed by atoms with van der Waals surface area (Å²) >= 11 is 0. The maximum atomic E-state index is 11.5. The van der Waals surface area contributed by atoms with Crippen LogP contribution < -0.4 is 14.4 Å². The van der Waals surface area contributed by atoms with E-state index in [4.69, 9.17) is 19.4 Å². The van der Waals surface area contributed by atoms with Gasteiger partial charge in [0.1, 0.15) is 11.5 Å². The maximum absolute atomic E-state index is 11.5. The summed E-state index contributed by atoms with van der Waals surface area (Å²) < 4.78 is 11.6. The molecule has 2 aliphatic heterocycles. The molecule has 1 saturated heterocycles. The van der Waals surface area contributed by atoms with Gasteiger partial charge >= 0.3 is 0 Å². The van der Waals surface area contributed by atoms with Crippen LogP contribution in [0.15, 0.2) is 48.5 Å². The number of fused-ring (bicyclic) bond motifs is 1. The predicted molar refractivity (Wildman–Crippen MR) is 132 cm³/mol. The van der Waals surface area contributed by atoms with E-state index in [1.54, 1.807) is 19.2 Å². The minimum atomic E-state index is -0.320. The van der Waals surface area contributed by atoms with Crippen LogP contribution in [0.4, 0.5) is 11.6 Å². The lowest BCUT2D eigenvalue weighted by molar-refractivity contribution is -0.385. The van der Waals surface area contributed by atoms with E-state index < -0.39 is 0 Å². The lowest BCUT2D eigenvalue weighted by atomic mass is 10.0. The molecule has 0 N–H and O–H groups in total. The van der Waals surface area contributed by atoms with E-state index in [9.17, 15) is 10.1 Å². The van der Waals surface area contributed by atoms with Crippen LogP contribution in [-0.4, -0.2) is 46.5 Å². The number of benzene rings is 2. The molecule has 9 nitrogen and oxygen atoms in total. The van der Waals surface area contributed by atoms with Crippen LogP contribution in [0.1, 0.15) is 36.1 Å². The Morgan fingerprint density at radius 3 is 2.46 bits per heavy atom. The van der Waals surface area contributed by atoms with Crippen molar-refractivity contribution in [3.8, 4) is 17.4 Å². The lowest BCUT2D eigenvalue weighted by Crippen LogP contribution is -2.34. The van der Waals surface area contributed by atoms with Gasteiger partial charge in [0.25, 0.3) is 5.69 Å². The second kappa shape index (κ2) is 10.3. The summed E-state index contributed by atoms with van der Waals surface area (Å²) in [4.78, 5) is 25.4. The molecule has 182 valence electrons. The minimum Gasteiger partial charge on any atom is -0.497 e. The highest BCUT2D eigenvalue weighted by atomic mass is 16.6. The monoisotopic (exact) mass is 475 g/mol. The van der Waals surface area contributed by atoms with Crippen molar-refractivity contribution in [1.29, 1.82) is 0 Å². The zero-order valence-corrected chi connectivity index (χ0v) is 19.9. The molecule has 0 radical (unpaired) electrons. The van der Waals surface area contributed by atoms with Gasteiger partial charge in [-0.3, -0.25) is 15.0 Å². The quantitative estimate of drug-likeness (QED) is 0.357. The number of anilines is 1. The fourth-order valence-corrected chi connectivity index (χ4v) is 4.70. The van der Waals surface area contributed by atoms with Crippen molar-refractivity contribution in [2.45, 2.75) is 38.8 Å². The average Bonchev–Trinajstić information content (AvgIpc) is 2.90. The Kier molecular flexibility index (Phi) is 6.76. The summed E-state index contributed by atoms with van der Waals surface area (Å²) in [5.74, 6) is 2.70. The highest BCUT2D eigenvalue weighted by molar-refractivity contribution is 5.45. The van der Waals surface area contributed by atoms with Gasteiger partial charge in [0.15, 0.2) is 0 Å². The molecule has 1 aromatic heterocycles. The number of aromatic nitrogens is 2. The topological polar surface area (TPSA) is 93.9 Å². The normalized spacial score (nSPS) is 16.0. The van der Waals surface area contributed by atoms with Crippen LogP contribution in [0.25, 0.3) is 0 Å². The van der Waals surface area contributed by atoms with Gasteiger partial charge in [-0.05, 0) is 43.5 Å². The molecule has 2 aliphatic rings. The van der Waals surface area contributed by atoms with Crippen molar-refractivity contribution in [2.75, 3.05) is 31.6 Å². The standard InChI is InChI=1S/C26H29N5O4/c1-34-20-9-11-21(12-10-20)35-25-22-18-29(17-19-7-3-4-8-24(19)31(32)33)16-13-23(22)27-26(28-25)30-14-5-2-6-15-30/h3-4,7-12H,2,5-6,13-18H2,1H3. The molecule has 2 aromatic carbocycles. The Morgan fingerprint density at radius 1 is 0.971 bits per heavy atom. The van der Waals surface area contributed by atoms with E-state index in [-0.39, 0.29) is 10.6 Å². The maximum Gasteiger partial charge on any atom is 0.273 e. The molecular formula is C26H29N5O4. The van der Waals surface area contributed by atoms with Crippen molar-refractivity contribution >= 4 is 11.6 Å². The molecule has 0 unspecified atom stereocenters. The second-order valence-electron chi connectivity index (χ2n) is 8.93. The fourth-order valence-electron chi connectivity index (χ4n) is 4.70. The van der Waals surface area contributed by atoms with E-state index >= 15 is 0 Å². The van der Waals surface area contributed by atoms with Crippen molar-refractivity contribution in [3.63, 3.8) is 0 Å². The number of rotatable bonds is 7. The first kappa shape index (κ1) is 23.0. The summed E-state index contributed by atoms with van der Waals surface area (Å²) in [6.07, 6.45) is 4.24. The molecule has 0 bridgehead atoms. The minimum absolute atomic E-state index is 0.143. The third-order valence-corrected chi connectivity index (χ3v) is 6.58. The summed E-state index contributed by atoms with van der Waals surface area (Å²) in [6.45, 7) is 3.70. The molecule has 3 heterocycles. The zero-order chi connectivity index (χ0) is 24.2. The van der Waals surface area contributed by atoms with E-state index in [0.717, 1.165) is 61.9 Å². The number of hydrogen-bond acceptors (Lipinski definition) is 8. The van der Waals surface area contributed by atoms with Gasteiger partial charge in [0.2, 0.25) is 11.8 Å². The Morgan fingerprint density at radius 2 is 1.71 bits per heavy atom. The number of methoxy groups -OCH3 is 1. The van der Waals surface area contributed by atoms with Crippen molar-refractivity contribution < 1.29 is 14.4 Å². The van der Waals surface area contributed by atoms with Gasteiger partial charge in [-0.2, -0.15) is 4.98 Å². The number of nitro groups is 1. The molecular weight excluding hydrogens is 446 g/mol. The summed E-state index contributed by atoms with van der Waals surface area (Å²) in [5, 5.41) is 11.5. The fraction of sp³-hybridized carbons (Fsp3) is 0.385. The Bertz CT molecular complexity index is 1190. The molecule has 3 aromatic rings. The largest absolute Gasteiger partial charge is 0.497 e. The molecule has 1 fully saturated rings. The third kappa shape index (κ3) is 5.19. The Hall–Kier alpha value is -3.72. The molecule has 35 heavy (non-hydrogen) atoms. The SMILES string of the molecule is COc1ccc(Oc2nc(N3CCCCC3)nc3c2CN(Cc2ccccc2[N+](=O)[O-])CC3)cc1. The molecule has 5 rings (SSSR count). The van der Waals surface area contributed by atoms with Crippen molar-refractivity contribution in [3.05, 3.63) is 75.5 Å². The molecule has 0 spiro atoms. The van der Waals surface area contributed by atoms with E-state index in [2.05, 4.69) is 9.80 Å². The van der Waals surface area contributed by atoms with Gasteiger partial charge in [-0.15, -0.1) is 0 Å². The van der Waals surface area contributed by atoms with Crippen molar-refractivity contribution in [2.24, 2.45) is 0 Å². The second-order valence-corrected chi connectivity index (χ2v) is 8.93.